The molecule has 1 aromatic heterocycles. The van der Waals surface area contributed by atoms with Gasteiger partial charge in [0.05, 0.1) is 6.20 Å². The molecule has 2 saturated carbocycles. The maximum atomic E-state index is 12.3. The average molecular weight is 337 g/mol. The van der Waals surface area contributed by atoms with Crippen molar-refractivity contribution in [2.24, 2.45) is 11.3 Å². The molecule has 0 aliphatic heterocycles. The lowest BCUT2D eigenvalue weighted by atomic mass is 9.65. The molecule has 1 aromatic rings. The summed E-state index contributed by atoms with van der Waals surface area (Å²) in [5.41, 5.74) is 0.0645. The van der Waals surface area contributed by atoms with Gasteiger partial charge in [-0.1, -0.05) is 6.42 Å². The predicted octanol–water partition coefficient (Wildman–Crippen LogP) is 2.30. The molecule has 0 aromatic carbocycles. The smallest absolute Gasteiger partial charge is 0.262 e. The van der Waals surface area contributed by atoms with Gasteiger partial charge in [-0.15, -0.1) is 0 Å². The number of halogens is 3. The maximum absolute atomic E-state index is 12.3. The number of hydrogen-bond donors (Lipinski definition) is 1. The minimum absolute atomic E-state index is 0.0645. The molecule has 0 unspecified atom stereocenters. The Hall–Kier alpha value is -1.09. The molecule has 0 amide bonds. The Kier molecular flexibility index (Phi) is 3.75. The quantitative estimate of drug-likeness (QED) is 0.866. The van der Waals surface area contributed by atoms with E-state index in [1.807, 2.05) is 0 Å². The summed E-state index contributed by atoms with van der Waals surface area (Å²) in [6.45, 7) is -0.932. The molecule has 1 N–H and O–H groups in total. The zero-order chi connectivity index (χ0) is 16.0. The molecule has 5 nitrogen and oxygen atoms in total. The predicted molar refractivity (Wildman–Crippen MR) is 72.5 cm³/mol. The van der Waals surface area contributed by atoms with Crippen LogP contribution in [-0.4, -0.2) is 30.9 Å². The molecule has 2 aliphatic carbocycles. The molecule has 0 saturated heterocycles. The summed E-state index contributed by atoms with van der Waals surface area (Å²) in [6, 6.07) is 0. The number of nitrogens with zero attached hydrogens (tertiary/aromatic N) is 2. The SMILES string of the molecule is O=S(=O)(NCC1(C2CC2)CCC1)c1cnn(CC(F)(F)F)c1. The number of hydrogen-bond acceptors (Lipinski definition) is 3. The maximum Gasteiger partial charge on any atom is 0.408 e. The van der Waals surface area contributed by atoms with Crippen molar-refractivity contribution in [1.29, 1.82) is 0 Å². The van der Waals surface area contributed by atoms with Gasteiger partial charge in [-0.25, -0.2) is 13.1 Å². The van der Waals surface area contributed by atoms with Crippen molar-refractivity contribution in [1.82, 2.24) is 14.5 Å². The third-order valence-electron chi connectivity index (χ3n) is 4.67. The fraction of sp³-hybridized carbons (Fsp3) is 0.769. The molecule has 22 heavy (non-hydrogen) atoms. The third-order valence-corrected chi connectivity index (χ3v) is 6.02. The Balaban J connectivity index is 1.65. The average Bonchev–Trinajstić information content (AvgIpc) is 3.06. The van der Waals surface area contributed by atoms with Crippen LogP contribution in [0.15, 0.2) is 17.3 Å². The van der Waals surface area contributed by atoms with E-state index in [0.717, 1.165) is 44.5 Å². The largest absolute Gasteiger partial charge is 0.408 e. The Morgan fingerprint density at radius 2 is 2.05 bits per heavy atom. The second-order valence-electron chi connectivity index (χ2n) is 6.30. The minimum Gasteiger partial charge on any atom is -0.262 e. The van der Waals surface area contributed by atoms with E-state index in [1.54, 1.807) is 0 Å². The van der Waals surface area contributed by atoms with Gasteiger partial charge >= 0.3 is 6.18 Å². The summed E-state index contributed by atoms with van der Waals surface area (Å²) >= 11 is 0. The highest BCUT2D eigenvalue weighted by molar-refractivity contribution is 7.89. The highest BCUT2D eigenvalue weighted by Crippen LogP contribution is 2.56. The van der Waals surface area contributed by atoms with E-state index in [0.29, 0.717) is 17.1 Å². The highest BCUT2D eigenvalue weighted by atomic mass is 32.2. The van der Waals surface area contributed by atoms with Crippen LogP contribution in [0, 0.1) is 11.3 Å². The van der Waals surface area contributed by atoms with Gasteiger partial charge in [-0.2, -0.15) is 18.3 Å². The van der Waals surface area contributed by atoms with Crippen LogP contribution in [-0.2, 0) is 16.6 Å². The van der Waals surface area contributed by atoms with Gasteiger partial charge in [0.1, 0.15) is 11.4 Å². The Morgan fingerprint density at radius 3 is 2.55 bits per heavy atom. The van der Waals surface area contributed by atoms with Gasteiger partial charge in [0.15, 0.2) is 0 Å². The Morgan fingerprint density at radius 1 is 1.36 bits per heavy atom. The van der Waals surface area contributed by atoms with Crippen LogP contribution >= 0.6 is 0 Å². The first kappa shape index (κ1) is 15.8. The van der Waals surface area contributed by atoms with Gasteiger partial charge in [0.25, 0.3) is 0 Å². The number of nitrogens with one attached hydrogen (secondary N) is 1. The van der Waals surface area contributed by atoms with Crippen molar-refractivity contribution >= 4 is 10.0 Å². The monoisotopic (exact) mass is 337 g/mol. The zero-order valence-electron chi connectivity index (χ0n) is 11.9. The number of sulfonamides is 1. The van der Waals surface area contributed by atoms with Gasteiger partial charge in [0.2, 0.25) is 10.0 Å². The fourth-order valence-electron chi connectivity index (χ4n) is 3.13. The van der Waals surface area contributed by atoms with Crippen molar-refractivity contribution in [2.45, 2.75) is 49.7 Å². The van der Waals surface area contributed by atoms with E-state index < -0.39 is 22.7 Å². The van der Waals surface area contributed by atoms with Crippen LogP contribution in [0.25, 0.3) is 0 Å². The molecule has 2 fully saturated rings. The Labute approximate surface area is 126 Å². The highest BCUT2D eigenvalue weighted by Gasteiger charge is 2.49. The molecule has 1 heterocycles. The van der Waals surface area contributed by atoms with Crippen molar-refractivity contribution in [2.75, 3.05) is 6.54 Å². The summed E-state index contributed by atoms with van der Waals surface area (Å²) in [6.07, 6.45) is 2.89. The van der Waals surface area contributed by atoms with E-state index >= 15 is 0 Å². The molecule has 124 valence electrons. The van der Waals surface area contributed by atoms with Crippen LogP contribution in [0.4, 0.5) is 13.2 Å². The molecule has 2 aliphatic rings. The van der Waals surface area contributed by atoms with Gasteiger partial charge in [0, 0.05) is 12.7 Å². The van der Waals surface area contributed by atoms with Crippen LogP contribution in [0.3, 0.4) is 0 Å². The molecule has 3 rings (SSSR count). The molecular formula is C13H18F3N3O2S. The Bertz CT molecular complexity index is 646. The summed E-state index contributed by atoms with van der Waals surface area (Å²) in [5, 5.41) is 3.47. The van der Waals surface area contributed by atoms with E-state index in [1.165, 1.54) is 0 Å². The first-order valence-electron chi connectivity index (χ1n) is 7.29. The van der Waals surface area contributed by atoms with Crippen molar-refractivity contribution in [3.63, 3.8) is 0 Å². The minimum atomic E-state index is -4.43. The second kappa shape index (κ2) is 5.23. The number of rotatable bonds is 6. The summed E-state index contributed by atoms with van der Waals surface area (Å²) in [5.74, 6) is 0.594. The number of aromatic nitrogens is 2. The van der Waals surface area contributed by atoms with Crippen molar-refractivity contribution in [3.8, 4) is 0 Å². The second-order valence-corrected chi connectivity index (χ2v) is 8.07. The standard InChI is InChI=1S/C13H18F3N3O2S/c14-13(15,16)9-19-7-11(6-17-19)22(20,21)18-8-12(4-1-5-12)10-2-3-10/h6-7,10,18H,1-5,8-9H2. The zero-order valence-corrected chi connectivity index (χ0v) is 12.8. The number of alkyl halides is 3. The lowest BCUT2D eigenvalue weighted by Gasteiger charge is -2.42. The lowest BCUT2D eigenvalue weighted by Crippen LogP contribution is -2.43. The van der Waals surface area contributed by atoms with Gasteiger partial charge in [-0.05, 0) is 37.0 Å². The summed E-state index contributed by atoms with van der Waals surface area (Å²) in [4.78, 5) is -0.220. The molecule has 0 bridgehead atoms. The molecule has 0 spiro atoms. The first-order chi connectivity index (χ1) is 10.2. The van der Waals surface area contributed by atoms with Gasteiger partial charge < -0.3 is 0 Å². The third kappa shape index (κ3) is 3.29. The molecule has 0 radical (unpaired) electrons. The van der Waals surface area contributed by atoms with Crippen molar-refractivity contribution < 1.29 is 21.6 Å². The van der Waals surface area contributed by atoms with E-state index in [4.69, 9.17) is 0 Å². The van der Waals surface area contributed by atoms with Crippen molar-refractivity contribution in [3.05, 3.63) is 12.4 Å². The van der Waals surface area contributed by atoms with E-state index in [9.17, 15) is 21.6 Å². The van der Waals surface area contributed by atoms with Crippen LogP contribution in [0.2, 0.25) is 0 Å². The molecule has 0 atom stereocenters. The summed E-state index contributed by atoms with van der Waals surface area (Å²) in [7, 11) is -3.81. The molecular weight excluding hydrogens is 319 g/mol. The fourth-order valence-corrected chi connectivity index (χ4v) is 4.22. The lowest BCUT2D eigenvalue weighted by molar-refractivity contribution is -0.142. The first-order valence-corrected chi connectivity index (χ1v) is 8.77. The van der Waals surface area contributed by atoms with Gasteiger partial charge in [-0.3, -0.25) is 4.68 Å². The summed E-state index contributed by atoms with van der Waals surface area (Å²) < 4.78 is 64.4. The topological polar surface area (TPSA) is 64.0 Å². The van der Waals surface area contributed by atoms with Crippen LogP contribution in [0.5, 0.6) is 0 Å². The van der Waals surface area contributed by atoms with E-state index in [2.05, 4.69) is 9.82 Å². The molecule has 9 heteroatoms. The van der Waals surface area contributed by atoms with Crippen LogP contribution < -0.4 is 4.72 Å². The normalized spacial score (nSPS) is 21.6. The van der Waals surface area contributed by atoms with E-state index in [-0.39, 0.29) is 10.3 Å². The van der Waals surface area contributed by atoms with Crippen LogP contribution in [0.1, 0.15) is 32.1 Å².